The third kappa shape index (κ3) is 4.84. The molecule has 46 valence electrons. The van der Waals surface area contributed by atoms with Crippen LogP contribution in [0.3, 0.4) is 0 Å². The molecule has 0 aliphatic heterocycles. The van der Waals surface area contributed by atoms with Crippen molar-refractivity contribution in [3.63, 3.8) is 0 Å². The van der Waals surface area contributed by atoms with Gasteiger partial charge in [-0.3, -0.25) is 4.79 Å². The van der Waals surface area contributed by atoms with E-state index in [1.165, 1.54) is 0 Å². The van der Waals surface area contributed by atoms with Gasteiger partial charge in [0.15, 0.2) is 0 Å². The molecule has 8 heavy (non-hydrogen) atoms. The second kappa shape index (κ2) is 5.82. The number of aliphatic carboxylic acids is 1. The zero-order valence-corrected chi connectivity index (χ0v) is 4.22. The van der Waals surface area contributed by atoms with Crippen molar-refractivity contribution in [2.75, 3.05) is 0 Å². The number of carboxylic acids is 1. The first-order chi connectivity index (χ1) is 3.18. The first-order valence-corrected chi connectivity index (χ1v) is 2.17. The molecule has 4 heteroatoms. The van der Waals surface area contributed by atoms with Crippen LogP contribution in [0, 0.1) is 0 Å². The zero-order valence-electron chi connectivity index (χ0n) is 4.22. The summed E-state index contributed by atoms with van der Waals surface area (Å²) in [6, 6.07) is -0.681. The van der Waals surface area contributed by atoms with Crippen molar-refractivity contribution in [1.82, 2.24) is 0 Å². The minimum atomic E-state index is -0.928. The molecule has 3 N–H and O–H groups in total. The monoisotopic (exact) mass is 145 g/mol. The van der Waals surface area contributed by atoms with Crippen molar-refractivity contribution < 1.29 is 9.90 Å². The van der Waals surface area contributed by atoms with E-state index >= 15 is 0 Å². The number of rotatable bonds is 2. The Morgan fingerprint density at radius 3 is 2.25 bits per heavy atom. The molecule has 0 amide bonds. The Morgan fingerprint density at radius 2 is 2.25 bits per heavy atom. The molecule has 0 aromatic heterocycles. The van der Waals surface area contributed by atoms with E-state index in [1.54, 1.807) is 6.92 Å². The molecular formula is C4H11CaNO2. The molecule has 0 spiro atoms. The molecule has 0 bridgehead atoms. The third-order valence-electron chi connectivity index (χ3n) is 0.757. The summed E-state index contributed by atoms with van der Waals surface area (Å²) < 4.78 is 0. The molecule has 3 nitrogen and oxygen atoms in total. The van der Waals surface area contributed by atoms with Gasteiger partial charge in [-0.25, -0.2) is 0 Å². The third-order valence-corrected chi connectivity index (χ3v) is 0.757. The van der Waals surface area contributed by atoms with Crippen LogP contribution < -0.4 is 5.73 Å². The normalized spacial score (nSPS) is 11.8. The van der Waals surface area contributed by atoms with Crippen molar-refractivity contribution in [2.45, 2.75) is 19.4 Å². The predicted molar refractivity (Wildman–Crippen MR) is 34.4 cm³/mol. The Labute approximate surface area is 78.2 Å². The summed E-state index contributed by atoms with van der Waals surface area (Å²) in [5.74, 6) is -0.928. The number of nitrogens with two attached hydrogens (primary N) is 1. The van der Waals surface area contributed by atoms with Gasteiger partial charge < -0.3 is 10.8 Å². The molecule has 0 aliphatic rings. The fourth-order valence-electron chi connectivity index (χ4n) is 0.175. The Hall–Kier alpha value is 0.690. The molecule has 0 aromatic rings. The molecular weight excluding hydrogens is 134 g/mol. The quantitative estimate of drug-likeness (QED) is 0.484. The van der Waals surface area contributed by atoms with Crippen molar-refractivity contribution in [2.24, 2.45) is 5.73 Å². The molecule has 0 aliphatic carbocycles. The summed E-state index contributed by atoms with van der Waals surface area (Å²) in [7, 11) is 0. The second-order valence-corrected chi connectivity index (χ2v) is 1.35. The van der Waals surface area contributed by atoms with E-state index in [2.05, 4.69) is 0 Å². The average Bonchev–Trinajstić information content (AvgIpc) is 1.65. The number of hydrogen-bond acceptors (Lipinski definition) is 2. The van der Waals surface area contributed by atoms with Crippen molar-refractivity contribution in [1.29, 1.82) is 0 Å². The van der Waals surface area contributed by atoms with Gasteiger partial charge >= 0.3 is 43.7 Å². The van der Waals surface area contributed by atoms with E-state index in [4.69, 9.17) is 10.8 Å². The molecule has 0 saturated heterocycles. The van der Waals surface area contributed by atoms with Crippen LogP contribution in [0.2, 0.25) is 0 Å². The summed E-state index contributed by atoms with van der Waals surface area (Å²) in [6.07, 6.45) is 0.495. The van der Waals surface area contributed by atoms with Crippen molar-refractivity contribution in [3.05, 3.63) is 0 Å². The first-order valence-electron chi connectivity index (χ1n) is 2.17. The molecule has 1 unspecified atom stereocenters. The molecule has 1 atom stereocenters. The van der Waals surface area contributed by atoms with Gasteiger partial charge in [-0.15, -0.1) is 0 Å². The van der Waals surface area contributed by atoms with Crippen LogP contribution in [0.15, 0.2) is 0 Å². The molecule has 0 heterocycles. The van der Waals surface area contributed by atoms with Crippen LogP contribution in [0.4, 0.5) is 0 Å². The van der Waals surface area contributed by atoms with E-state index in [-0.39, 0.29) is 37.7 Å². The Morgan fingerprint density at radius 1 is 1.88 bits per heavy atom. The van der Waals surface area contributed by atoms with Crippen LogP contribution in [0.25, 0.3) is 0 Å². The van der Waals surface area contributed by atoms with Gasteiger partial charge in [0.2, 0.25) is 0 Å². The Kier molecular flexibility index (Phi) is 8.35. The average molecular weight is 145 g/mol. The van der Waals surface area contributed by atoms with Crippen LogP contribution in [0.5, 0.6) is 0 Å². The number of hydrogen-bond donors (Lipinski definition) is 2. The topological polar surface area (TPSA) is 63.3 Å². The van der Waals surface area contributed by atoms with E-state index in [9.17, 15) is 4.79 Å². The summed E-state index contributed by atoms with van der Waals surface area (Å²) in [5.41, 5.74) is 5.02. The van der Waals surface area contributed by atoms with E-state index < -0.39 is 12.0 Å². The number of carboxylic acid groups (broad SMARTS) is 1. The Bertz CT molecular complexity index is 76.4. The van der Waals surface area contributed by atoms with Gasteiger partial charge in [0.25, 0.3) is 0 Å². The summed E-state index contributed by atoms with van der Waals surface area (Å²) in [5, 5.41) is 8.06. The van der Waals surface area contributed by atoms with Gasteiger partial charge in [-0.05, 0) is 6.42 Å². The number of carbonyl (C=O) groups is 1. The molecule has 0 fully saturated rings. The van der Waals surface area contributed by atoms with Crippen LogP contribution in [-0.2, 0) is 4.79 Å². The van der Waals surface area contributed by atoms with Crippen LogP contribution >= 0.6 is 0 Å². The molecule has 0 rings (SSSR count). The van der Waals surface area contributed by atoms with Gasteiger partial charge in [0.1, 0.15) is 6.04 Å². The fourth-order valence-corrected chi connectivity index (χ4v) is 0.175. The molecule has 0 aromatic carbocycles. The maximum atomic E-state index is 9.81. The summed E-state index contributed by atoms with van der Waals surface area (Å²) >= 11 is 0. The van der Waals surface area contributed by atoms with Gasteiger partial charge in [0.05, 0.1) is 0 Å². The second-order valence-electron chi connectivity index (χ2n) is 1.35. The van der Waals surface area contributed by atoms with Crippen LogP contribution in [0.1, 0.15) is 13.3 Å². The van der Waals surface area contributed by atoms with E-state index in [0.717, 1.165) is 0 Å². The molecule has 0 radical (unpaired) electrons. The SMILES string of the molecule is CCC(N)C(=O)O.[CaH2]. The molecule has 0 saturated carbocycles. The van der Waals surface area contributed by atoms with E-state index in [1.807, 2.05) is 0 Å². The minimum absolute atomic E-state index is 0. The predicted octanol–water partition coefficient (Wildman–Crippen LogP) is -1.11. The standard InChI is InChI=1S/C4H9NO2.Ca.2H/c1-2-3(5)4(6)7;;;/h3H,2,5H2,1H3,(H,6,7);;;. The Balaban J connectivity index is 0. The van der Waals surface area contributed by atoms with Gasteiger partial charge in [0, 0.05) is 0 Å². The summed E-state index contributed by atoms with van der Waals surface area (Å²) in [4.78, 5) is 9.81. The maximum absolute atomic E-state index is 9.81. The summed E-state index contributed by atoms with van der Waals surface area (Å²) in [6.45, 7) is 1.73. The van der Waals surface area contributed by atoms with Crippen molar-refractivity contribution in [3.8, 4) is 0 Å². The van der Waals surface area contributed by atoms with Gasteiger partial charge in [-0.1, -0.05) is 6.92 Å². The fraction of sp³-hybridized carbons (Fsp3) is 0.750. The zero-order chi connectivity index (χ0) is 5.86. The van der Waals surface area contributed by atoms with Gasteiger partial charge in [-0.2, -0.15) is 0 Å². The van der Waals surface area contributed by atoms with Crippen molar-refractivity contribution >= 4 is 43.7 Å². The first kappa shape index (κ1) is 11.5. The van der Waals surface area contributed by atoms with Crippen LogP contribution in [-0.4, -0.2) is 54.9 Å². The van der Waals surface area contributed by atoms with E-state index in [0.29, 0.717) is 6.42 Å².